The van der Waals surface area contributed by atoms with E-state index in [9.17, 15) is 0 Å². The van der Waals surface area contributed by atoms with Gasteiger partial charge in [0.15, 0.2) is 0 Å². The molecule has 1 aromatic rings. The second-order valence-corrected chi connectivity index (χ2v) is 5.26. The molecule has 0 aliphatic heterocycles. The van der Waals surface area contributed by atoms with Crippen molar-refractivity contribution in [1.82, 2.24) is 0 Å². The molecule has 0 bridgehead atoms. The highest BCUT2D eigenvalue weighted by molar-refractivity contribution is 5.61. The fraction of sp³-hybridized carbons (Fsp3) is 0.500. The summed E-state index contributed by atoms with van der Waals surface area (Å²) >= 11 is 0. The summed E-state index contributed by atoms with van der Waals surface area (Å²) in [7, 11) is 1.70. The highest BCUT2D eigenvalue weighted by Crippen LogP contribution is 2.19. The van der Waals surface area contributed by atoms with Gasteiger partial charge < -0.3 is 4.74 Å². The lowest BCUT2D eigenvalue weighted by atomic mass is 10.1. The van der Waals surface area contributed by atoms with Gasteiger partial charge in [0.2, 0.25) is 0 Å². The number of hydrogen-bond donors (Lipinski definition) is 0. The first-order valence-electron chi connectivity index (χ1n) is 8.15. The molecular formula is C20H28O. The van der Waals surface area contributed by atoms with E-state index in [0.717, 1.165) is 36.1 Å². The van der Waals surface area contributed by atoms with Crippen LogP contribution >= 0.6 is 0 Å². The molecule has 1 aromatic carbocycles. The van der Waals surface area contributed by atoms with Crippen LogP contribution in [0.4, 0.5) is 0 Å². The van der Waals surface area contributed by atoms with Crippen LogP contribution in [-0.2, 0) is 0 Å². The predicted octanol–water partition coefficient (Wildman–Crippen LogP) is 5.83. The van der Waals surface area contributed by atoms with Crippen LogP contribution in [0.3, 0.4) is 0 Å². The molecule has 1 heteroatoms. The topological polar surface area (TPSA) is 9.23 Å². The molecule has 0 spiro atoms. The Labute approximate surface area is 130 Å². The molecule has 0 fully saturated rings. The third-order valence-corrected chi connectivity index (χ3v) is 3.38. The summed E-state index contributed by atoms with van der Waals surface area (Å²) in [6, 6.07) is 6.10. The number of allylic oxidation sites excluding steroid dienone is 1. The van der Waals surface area contributed by atoms with E-state index in [1.807, 2.05) is 6.07 Å². The molecule has 0 saturated heterocycles. The monoisotopic (exact) mass is 284 g/mol. The van der Waals surface area contributed by atoms with E-state index in [1.165, 1.54) is 25.7 Å². The quantitative estimate of drug-likeness (QED) is 0.431. The van der Waals surface area contributed by atoms with E-state index in [1.54, 1.807) is 7.11 Å². The summed E-state index contributed by atoms with van der Waals surface area (Å²) in [5, 5.41) is 0. The molecule has 0 N–H and O–H groups in total. The Morgan fingerprint density at radius 3 is 2.67 bits per heavy atom. The third kappa shape index (κ3) is 7.04. The minimum absolute atomic E-state index is 0.890. The average Bonchev–Trinajstić information content (AvgIpc) is 2.52. The molecule has 0 radical (unpaired) electrons. The Kier molecular flexibility index (Phi) is 9.13. The summed E-state index contributed by atoms with van der Waals surface area (Å²) in [5.74, 6) is 7.38. The Balaban J connectivity index is 2.72. The minimum atomic E-state index is 0.890. The van der Waals surface area contributed by atoms with Crippen LogP contribution in [0.2, 0.25) is 0 Å². The highest BCUT2D eigenvalue weighted by atomic mass is 16.5. The van der Waals surface area contributed by atoms with Crippen molar-refractivity contribution < 1.29 is 4.74 Å². The molecule has 0 amide bonds. The molecule has 1 nitrogen and oxygen atoms in total. The van der Waals surface area contributed by atoms with Gasteiger partial charge in [-0.05, 0) is 43.0 Å². The lowest BCUT2D eigenvalue weighted by molar-refractivity contribution is 0.414. The fourth-order valence-corrected chi connectivity index (χ4v) is 2.10. The van der Waals surface area contributed by atoms with E-state index < -0.39 is 0 Å². The lowest BCUT2D eigenvalue weighted by Gasteiger charge is -2.04. The van der Waals surface area contributed by atoms with Gasteiger partial charge in [0, 0.05) is 12.0 Å². The summed E-state index contributed by atoms with van der Waals surface area (Å²) in [6.07, 6.45) is 12.8. The molecule has 1 rings (SSSR count). The molecule has 114 valence electrons. The maximum absolute atomic E-state index is 5.31. The van der Waals surface area contributed by atoms with E-state index in [-0.39, 0.29) is 0 Å². The van der Waals surface area contributed by atoms with Crippen molar-refractivity contribution in [3.8, 4) is 17.6 Å². The van der Waals surface area contributed by atoms with Crippen LogP contribution in [0.25, 0.3) is 6.08 Å². The van der Waals surface area contributed by atoms with Gasteiger partial charge in [-0.2, -0.15) is 0 Å². The van der Waals surface area contributed by atoms with Crippen molar-refractivity contribution >= 4 is 6.08 Å². The molecule has 0 aromatic heterocycles. The van der Waals surface area contributed by atoms with Crippen molar-refractivity contribution in [3.63, 3.8) is 0 Å². The second kappa shape index (κ2) is 11.0. The molecular weight excluding hydrogens is 256 g/mol. The van der Waals surface area contributed by atoms with Crippen LogP contribution in [0.15, 0.2) is 24.3 Å². The van der Waals surface area contributed by atoms with Gasteiger partial charge in [0.05, 0.1) is 7.11 Å². The molecule has 0 atom stereocenters. The van der Waals surface area contributed by atoms with Crippen LogP contribution in [0.5, 0.6) is 5.75 Å². The SMILES string of the molecule is CCCC#Cc1ccc(OC)cc1/C=C/CCCCCC. The van der Waals surface area contributed by atoms with E-state index in [0.29, 0.717) is 0 Å². The van der Waals surface area contributed by atoms with Gasteiger partial charge in [-0.25, -0.2) is 0 Å². The summed E-state index contributed by atoms with van der Waals surface area (Å²) in [6.45, 7) is 4.40. The number of rotatable bonds is 8. The largest absolute Gasteiger partial charge is 0.497 e. The number of methoxy groups -OCH3 is 1. The van der Waals surface area contributed by atoms with Crippen molar-refractivity contribution in [1.29, 1.82) is 0 Å². The lowest BCUT2D eigenvalue weighted by Crippen LogP contribution is -1.87. The second-order valence-electron chi connectivity index (χ2n) is 5.26. The average molecular weight is 284 g/mol. The van der Waals surface area contributed by atoms with Gasteiger partial charge in [-0.3, -0.25) is 0 Å². The smallest absolute Gasteiger partial charge is 0.119 e. The van der Waals surface area contributed by atoms with E-state index in [2.05, 4.69) is 50.0 Å². The van der Waals surface area contributed by atoms with Gasteiger partial charge in [0.1, 0.15) is 5.75 Å². The van der Waals surface area contributed by atoms with E-state index >= 15 is 0 Å². The first-order valence-corrected chi connectivity index (χ1v) is 8.15. The first kappa shape index (κ1) is 17.4. The predicted molar refractivity (Wildman–Crippen MR) is 92.6 cm³/mol. The first-order chi connectivity index (χ1) is 10.3. The van der Waals surface area contributed by atoms with Crippen molar-refractivity contribution in [2.45, 2.75) is 58.8 Å². The molecule has 0 heterocycles. The zero-order valence-electron chi connectivity index (χ0n) is 13.7. The Morgan fingerprint density at radius 2 is 1.95 bits per heavy atom. The third-order valence-electron chi connectivity index (χ3n) is 3.38. The Morgan fingerprint density at radius 1 is 1.10 bits per heavy atom. The van der Waals surface area contributed by atoms with Crippen LogP contribution < -0.4 is 4.74 Å². The van der Waals surface area contributed by atoms with Gasteiger partial charge in [0.25, 0.3) is 0 Å². The highest BCUT2D eigenvalue weighted by Gasteiger charge is 1.99. The van der Waals surface area contributed by atoms with E-state index in [4.69, 9.17) is 4.74 Å². The number of hydrogen-bond acceptors (Lipinski definition) is 1. The van der Waals surface area contributed by atoms with Crippen molar-refractivity contribution in [2.24, 2.45) is 0 Å². The zero-order chi connectivity index (χ0) is 15.3. The normalized spacial score (nSPS) is 10.4. The Hall–Kier alpha value is -1.68. The van der Waals surface area contributed by atoms with Crippen LogP contribution in [0.1, 0.15) is 69.9 Å². The fourth-order valence-electron chi connectivity index (χ4n) is 2.10. The summed E-state index contributed by atoms with van der Waals surface area (Å²) in [4.78, 5) is 0. The van der Waals surface area contributed by atoms with Gasteiger partial charge in [-0.1, -0.05) is 57.1 Å². The summed E-state index contributed by atoms with van der Waals surface area (Å²) in [5.41, 5.74) is 2.25. The maximum Gasteiger partial charge on any atom is 0.119 e. The maximum atomic E-state index is 5.31. The van der Waals surface area contributed by atoms with Gasteiger partial charge in [-0.15, -0.1) is 0 Å². The van der Waals surface area contributed by atoms with Crippen LogP contribution in [-0.4, -0.2) is 7.11 Å². The number of unbranched alkanes of at least 4 members (excludes halogenated alkanes) is 5. The summed E-state index contributed by atoms with van der Waals surface area (Å²) < 4.78 is 5.31. The molecule has 0 aliphatic rings. The van der Waals surface area contributed by atoms with Crippen molar-refractivity contribution in [2.75, 3.05) is 7.11 Å². The minimum Gasteiger partial charge on any atom is -0.497 e. The molecule has 21 heavy (non-hydrogen) atoms. The molecule has 0 unspecified atom stereocenters. The van der Waals surface area contributed by atoms with Crippen molar-refractivity contribution in [3.05, 3.63) is 35.4 Å². The standard InChI is InChI=1S/C20H28O/c1-4-6-8-9-10-12-14-19-17-20(21-3)16-15-18(19)13-11-7-5-2/h12,14-17H,4-10H2,1-3H3/b14-12+. The van der Waals surface area contributed by atoms with Crippen LogP contribution in [0, 0.1) is 11.8 Å². The van der Waals surface area contributed by atoms with Gasteiger partial charge >= 0.3 is 0 Å². The Bertz CT molecular complexity index is 488. The number of benzene rings is 1. The number of ether oxygens (including phenoxy) is 1. The molecule has 0 aliphatic carbocycles. The zero-order valence-corrected chi connectivity index (χ0v) is 13.7. The molecule has 0 saturated carbocycles.